The van der Waals surface area contributed by atoms with Crippen LogP contribution in [0.5, 0.6) is 0 Å². The highest BCUT2D eigenvalue weighted by Gasteiger charge is 2.20. The second kappa shape index (κ2) is 13.3. The molecule has 0 unspecified atom stereocenters. The number of aromatic nitrogens is 3. The standard InChI is InChI=1S/C49H32N4O/c1-5-15-34(16-6-1)47-50-48(35-17-7-2-8-18-35)52-49(51-47)44-32-43-41-23-13-14-24-45(41)54-46(43)42-31-36(27-30-40(42)44)33-25-28-39(29-26-33)53(37-19-9-3-10-20-37)38-21-11-4-12-22-38/h1-32H. The van der Waals surface area contributed by atoms with E-state index in [9.17, 15) is 0 Å². The molecule has 0 fully saturated rings. The van der Waals surface area contributed by atoms with Crippen LogP contribution in [-0.4, -0.2) is 15.0 Å². The molecule has 2 aromatic heterocycles. The Morgan fingerprint density at radius 3 is 1.43 bits per heavy atom. The molecule has 5 nitrogen and oxygen atoms in total. The quantitative estimate of drug-likeness (QED) is 0.166. The molecule has 2 heterocycles. The zero-order valence-electron chi connectivity index (χ0n) is 29.2. The number of hydrogen-bond donors (Lipinski definition) is 0. The smallest absolute Gasteiger partial charge is 0.164 e. The fourth-order valence-corrected chi connectivity index (χ4v) is 7.30. The fourth-order valence-electron chi connectivity index (χ4n) is 7.30. The molecule has 0 aliphatic heterocycles. The second-order valence-corrected chi connectivity index (χ2v) is 13.3. The van der Waals surface area contributed by atoms with Crippen molar-refractivity contribution < 1.29 is 4.42 Å². The lowest BCUT2D eigenvalue weighted by atomic mass is 9.95. The van der Waals surface area contributed by atoms with Crippen LogP contribution in [-0.2, 0) is 0 Å². The minimum Gasteiger partial charge on any atom is -0.455 e. The molecule has 0 aliphatic rings. The van der Waals surface area contributed by atoms with Crippen LogP contribution in [0.1, 0.15) is 0 Å². The molecule has 254 valence electrons. The van der Waals surface area contributed by atoms with Gasteiger partial charge in [0.05, 0.1) is 0 Å². The van der Waals surface area contributed by atoms with Crippen molar-refractivity contribution in [3.8, 4) is 45.3 Å². The van der Waals surface area contributed by atoms with Crippen molar-refractivity contribution in [2.45, 2.75) is 0 Å². The summed E-state index contributed by atoms with van der Waals surface area (Å²) in [6.07, 6.45) is 0. The Bertz CT molecular complexity index is 2810. The average Bonchev–Trinajstić information content (AvgIpc) is 3.64. The normalized spacial score (nSPS) is 11.3. The predicted octanol–water partition coefficient (Wildman–Crippen LogP) is 13.1. The van der Waals surface area contributed by atoms with Gasteiger partial charge in [0.2, 0.25) is 0 Å². The summed E-state index contributed by atoms with van der Waals surface area (Å²) < 4.78 is 6.62. The van der Waals surface area contributed by atoms with Crippen LogP contribution < -0.4 is 4.90 Å². The predicted molar refractivity (Wildman–Crippen MR) is 221 cm³/mol. The van der Waals surface area contributed by atoms with Gasteiger partial charge in [0, 0.05) is 49.9 Å². The Balaban J connectivity index is 1.15. The summed E-state index contributed by atoms with van der Waals surface area (Å²) in [6, 6.07) is 66.9. The highest BCUT2D eigenvalue weighted by Crippen LogP contribution is 2.42. The molecule has 0 saturated heterocycles. The molecular weight excluding hydrogens is 661 g/mol. The number of nitrogens with zero attached hydrogens (tertiary/aromatic N) is 4. The third kappa shape index (κ3) is 5.65. The van der Waals surface area contributed by atoms with E-state index >= 15 is 0 Å². The number of benzene rings is 8. The van der Waals surface area contributed by atoms with E-state index in [4.69, 9.17) is 19.4 Å². The molecule has 0 amide bonds. The Morgan fingerprint density at radius 1 is 0.333 bits per heavy atom. The van der Waals surface area contributed by atoms with Crippen molar-refractivity contribution in [1.29, 1.82) is 0 Å². The van der Waals surface area contributed by atoms with Gasteiger partial charge in [0.15, 0.2) is 17.5 Å². The van der Waals surface area contributed by atoms with Gasteiger partial charge in [-0.05, 0) is 71.1 Å². The molecule has 54 heavy (non-hydrogen) atoms. The summed E-state index contributed by atoms with van der Waals surface area (Å²) in [5.74, 6) is 1.86. The van der Waals surface area contributed by atoms with Crippen LogP contribution in [0.25, 0.3) is 78.0 Å². The first-order valence-corrected chi connectivity index (χ1v) is 18.0. The van der Waals surface area contributed by atoms with Gasteiger partial charge < -0.3 is 9.32 Å². The van der Waals surface area contributed by atoms with E-state index in [0.717, 1.165) is 77.6 Å². The second-order valence-electron chi connectivity index (χ2n) is 13.3. The number of para-hydroxylation sites is 3. The van der Waals surface area contributed by atoms with Gasteiger partial charge in [-0.3, -0.25) is 0 Å². The molecule has 0 radical (unpaired) electrons. The SMILES string of the molecule is c1ccc(-c2nc(-c3ccccc3)nc(-c3cc4c5ccccc5oc4c4cc(-c5ccc(N(c6ccccc6)c6ccccc6)cc5)ccc34)n2)cc1. The summed E-state index contributed by atoms with van der Waals surface area (Å²) in [4.78, 5) is 17.5. The Kier molecular flexibility index (Phi) is 7.73. The number of hydrogen-bond acceptors (Lipinski definition) is 5. The van der Waals surface area contributed by atoms with Crippen LogP contribution in [0.15, 0.2) is 199 Å². The maximum Gasteiger partial charge on any atom is 0.164 e. The van der Waals surface area contributed by atoms with Gasteiger partial charge in [0.25, 0.3) is 0 Å². The van der Waals surface area contributed by atoms with Gasteiger partial charge in [-0.25, -0.2) is 15.0 Å². The Morgan fingerprint density at radius 2 is 0.815 bits per heavy atom. The first-order valence-electron chi connectivity index (χ1n) is 18.0. The molecule has 0 bridgehead atoms. The summed E-state index contributed by atoms with van der Waals surface area (Å²) >= 11 is 0. The van der Waals surface area contributed by atoms with Crippen LogP contribution >= 0.6 is 0 Å². The maximum atomic E-state index is 6.62. The summed E-state index contributed by atoms with van der Waals surface area (Å²) in [7, 11) is 0. The Labute approximate surface area is 312 Å². The lowest BCUT2D eigenvalue weighted by Gasteiger charge is -2.25. The molecule has 10 rings (SSSR count). The van der Waals surface area contributed by atoms with E-state index in [1.165, 1.54) is 0 Å². The topological polar surface area (TPSA) is 55.1 Å². The van der Waals surface area contributed by atoms with Crippen LogP contribution in [0.3, 0.4) is 0 Å². The highest BCUT2D eigenvalue weighted by atomic mass is 16.3. The Hall–Kier alpha value is -7.37. The van der Waals surface area contributed by atoms with E-state index < -0.39 is 0 Å². The third-order valence-corrected chi connectivity index (χ3v) is 9.90. The molecule has 0 aliphatic carbocycles. The zero-order chi connectivity index (χ0) is 35.8. The maximum absolute atomic E-state index is 6.62. The molecule has 0 spiro atoms. The van der Waals surface area contributed by atoms with Gasteiger partial charge >= 0.3 is 0 Å². The van der Waals surface area contributed by atoms with Gasteiger partial charge in [-0.1, -0.05) is 140 Å². The minimum absolute atomic E-state index is 0.610. The van der Waals surface area contributed by atoms with E-state index in [1.807, 2.05) is 84.9 Å². The number of rotatable bonds is 7. The van der Waals surface area contributed by atoms with Crippen LogP contribution in [0.4, 0.5) is 17.1 Å². The van der Waals surface area contributed by atoms with Crippen molar-refractivity contribution in [1.82, 2.24) is 15.0 Å². The summed E-state index contributed by atoms with van der Waals surface area (Å²) in [5.41, 5.74) is 9.95. The first-order chi connectivity index (χ1) is 26.8. The number of anilines is 3. The van der Waals surface area contributed by atoms with E-state index in [1.54, 1.807) is 0 Å². The van der Waals surface area contributed by atoms with Gasteiger partial charge in [-0.15, -0.1) is 0 Å². The fraction of sp³-hybridized carbons (Fsp3) is 0. The molecule has 0 N–H and O–H groups in total. The zero-order valence-corrected chi connectivity index (χ0v) is 29.2. The largest absolute Gasteiger partial charge is 0.455 e. The average molecular weight is 693 g/mol. The molecule has 0 atom stereocenters. The van der Waals surface area contributed by atoms with Crippen molar-refractivity contribution in [3.05, 3.63) is 194 Å². The lowest BCUT2D eigenvalue weighted by molar-refractivity contribution is 0.672. The van der Waals surface area contributed by atoms with Crippen molar-refractivity contribution in [2.75, 3.05) is 4.90 Å². The number of furan rings is 1. The molecular formula is C49H32N4O. The highest BCUT2D eigenvalue weighted by molar-refractivity contribution is 6.19. The molecule has 5 heteroatoms. The van der Waals surface area contributed by atoms with Crippen LogP contribution in [0, 0.1) is 0 Å². The molecule has 8 aromatic carbocycles. The monoisotopic (exact) mass is 692 g/mol. The first kappa shape index (κ1) is 31.4. The van der Waals surface area contributed by atoms with E-state index in [-0.39, 0.29) is 0 Å². The van der Waals surface area contributed by atoms with Gasteiger partial charge in [0.1, 0.15) is 11.2 Å². The number of fused-ring (bicyclic) bond motifs is 5. The van der Waals surface area contributed by atoms with E-state index in [0.29, 0.717) is 17.5 Å². The van der Waals surface area contributed by atoms with Crippen molar-refractivity contribution >= 4 is 49.8 Å². The third-order valence-electron chi connectivity index (χ3n) is 9.90. The van der Waals surface area contributed by atoms with Gasteiger partial charge in [-0.2, -0.15) is 0 Å². The summed E-state index contributed by atoms with van der Waals surface area (Å²) in [6.45, 7) is 0. The van der Waals surface area contributed by atoms with E-state index in [2.05, 4.69) is 114 Å². The summed E-state index contributed by atoms with van der Waals surface area (Å²) in [5, 5.41) is 4.07. The van der Waals surface area contributed by atoms with Crippen molar-refractivity contribution in [2.24, 2.45) is 0 Å². The van der Waals surface area contributed by atoms with Crippen molar-refractivity contribution in [3.63, 3.8) is 0 Å². The molecule has 10 aromatic rings. The minimum atomic E-state index is 0.610. The lowest BCUT2D eigenvalue weighted by Crippen LogP contribution is -2.09. The molecule has 0 saturated carbocycles. The van der Waals surface area contributed by atoms with Crippen LogP contribution in [0.2, 0.25) is 0 Å².